The SMILES string of the molecule is O=C(NCCc1ccc(-n2cccn2)cc1)c1cc(Cl)sc1Cl. The molecule has 1 N–H and O–H groups in total. The van der Waals surface area contributed by atoms with E-state index >= 15 is 0 Å². The molecule has 0 radical (unpaired) electrons. The van der Waals surface area contributed by atoms with Gasteiger partial charge in [0.2, 0.25) is 0 Å². The highest BCUT2D eigenvalue weighted by Crippen LogP contribution is 2.30. The van der Waals surface area contributed by atoms with Gasteiger partial charge in [-0.25, -0.2) is 4.68 Å². The first-order chi connectivity index (χ1) is 11.1. The Morgan fingerprint density at radius 3 is 2.65 bits per heavy atom. The predicted octanol–water partition coefficient (Wildman–Crippen LogP) is 4.21. The first kappa shape index (κ1) is 16.1. The lowest BCUT2D eigenvalue weighted by Gasteiger charge is -2.06. The summed E-state index contributed by atoms with van der Waals surface area (Å²) >= 11 is 13.0. The van der Waals surface area contributed by atoms with Crippen LogP contribution in [0.2, 0.25) is 8.67 Å². The van der Waals surface area contributed by atoms with E-state index in [9.17, 15) is 4.79 Å². The van der Waals surface area contributed by atoms with Crippen molar-refractivity contribution >= 4 is 40.4 Å². The summed E-state index contributed by atoms with van der Waals surface area (Å²) in [5.41, 5.74) is 2.56. The fraction of sp³-hybridized carbons (Fsp3) is 0.125. The van der Waals surface area contributed by atoms with Crippen molar-refractivity contribution in [3.8, 4) is 5.69 Å². The first-order valence-electron chi connectivity index (χ1n) is 6.95. The molecule has 1 amide bonds. The summed E-state index contributed by atoms with van der Waals surface area (Å²) in [6.07, 6.45) is 4.37. The summed E-state index contributed by atoms with van der Waals surface area (Å²) in [6.45, 7) is 0.531. The lowest BCUT2D eigenvalue weighted by Crippen LogP contribution is -2.25. The number of carbonyl (C=O) groups excluding carboxylic acids is 1. The molecule has 2 heterocycles. The maximum absolute atomic E-state index is 12.0. The van der Waals surface area contributed by atoms with E-state index < -0.39 is 0 Å². The predicted molar refractivity (Wildman–Crippen MR) is 93.9 cm³/mol. The third-order valence-corrected chi connectivity index (χ3v) is 4.79. The van der Waals surface area contributed by atoms with Gasteiger partial charge in [-0.15, -0.1) is 11.3 Å². The topological polar surface area (TPSA) is 46.9 Å². The van der Waals surface area contributed by atoms with Crippen molar-refractivity contribution in [1.82, 2.24) is 15.1 Å². The van der Waals surface area contributed by atoms with E-state index in [1.807, 2.05) is 36.5 Å². The molecule has 7 heteroatoms. The van der Waals surface area contributed by atoms with Crippen molar-refractivity contribution in [2.24, 2.45) is 0 Å². The number of hydrogen-bond acceptors (Lipinski definition) is 3. The van der Waals surface area contributed by atoms with E-state index in [1.165, 1.54) is 11.3 Å². The minimum Gasteiger partial charge on any atom is -0.352 e. The van der Waals surface area contributed by atoms with Gasteiger partial charge in [-0.3, -0.25) is 4.79 Å². The summed E-state index contributed by atoms with van der Waals surface area (Å²) in [5.74, 6) is -0.202. The normalized spacial score (nSPS) is 10.7. The van der Waals surface area contributed by atoms with E-state index in [1.54, 1.807) is 16.9 Å². The van der Waals surface area contributed by atoms with Gasteiger partial charge in [-0.1, -0.05) is 35.3 Å². The average Bonchev–Trinajstić information content (AvgIpc) is 3.17. The molecule has 4 nitrogen and oxygen atoms in total. The van der Waals surface area contributed by atoms with Crippen LogP contribution in [0.25, 0.3) is 5.69 Å². The molecule has 23 heavy (non-hydrogen) atoms. The van der Waals surface area contributed by atoms with Gasteiger partial charge in [-0.2, -0.15) is 5.10 Å². The second-order valence-electron chi connectivity index (χ2n) is 4.86. The number of thiophene rings is 1. The number of nitrogens with zero attached hydrogens (tertiary/aromatic N) is 2. The molecule has 3 aromatic rings. The molecule has 0 aliphatic carbocycles. The molecule has 118 valence electrons. The molecule has 0 bridgehead atoms. The largest absolute Gasteiger partial charge is 0.352 e. The Hall–Kier alpha value is -1.82. The number of halogens is 2. The zero-order valence-corrected chi connectivity index (χ0v) is 14.3. The third-order valence-electron chi connectivity index (χ3n) is 3.31. The van der Waals surface area contributed by atoms with Crippen LogP contribution in [0.5, 0.6) is 0 Å². The molecule has 0 aliphatic rings. The highest BCUT2D eigenvalue weighted by atomic mass is 35.5. The Kier molecular flexibility index (Phi) is 5.00. The van der Waals surface area contributed by atoms with Gasteiger partial charge in [0.25, 0.3) is 5.91 Å². The quantitative estimate of drug-likeness (QED) is 0.735. The Morgan fingerprint density at radius 1 is 1.26 bits per heavy atom. The maximum Gasteiger partial charge on any atom is 0.253 e. The second-order valence-corrected chi connectivity index (χ2v) is 7.15. The van der Waals surface area contributed by atoms with Crippen molar-refractivity contribution in [3.05, 3.63) is 68.6 Å². The van der Waals surface area contributed by atoms with Crippen molar-refractivity contribution in [1.29, 1.82) is 0 Å². The minimum absolute atomic E-state index is 0.202. The van der Waals surface area contributed by atoms with Crippen molar-refractivity contribution in [2.75, 3.05) is 6.54 Å². The molecular formula is C16H13Cl2N3OS. The van der Waals surface area contributed by atoms with Crippen LogP contribution < -0.4 is 5.32 Å². The number of rotatable bonds is 5. The smallest absolute Gasteiger partial charge is 0.253 e. The fourth-order valence-electron chi connectivity index (χ4n) is 2.15. The van der Waals surface area contributed by atoms with Gasteiger partial charge in [-0.05, 0) is 36.2 Å². The molecule has 1 aromatic carbocycles. The van der Waals surface area contributed by atoms with Gasteiger partial charge < -0.3 is 5.32 Å². The number of benzene rings is 1. The summed E-state index contributed by atoms with van der Waals surface area (Å²) in [4.78, 5) is 12.0. The van der Waals surface area contributed by atoms with Gasteiger partial charge in [0.05, 0.1) is 15.6 Å². The Morgan fingerprint density at radius 2 is 2.04 bits per heavy atom. The molecule has 0 unspecified atom stereocenters. The van der Waals surface area contributed by atoms with Crippen LogP contribution in [0.4, 0.5) is 0 Å². The summed E-state index contributed by atoms with van der Waals surface area (Å²) < 4.78 is 2.72. The van der Waals surface area contributed by atoms with Crippen LogP contribution in [0.1, 0.15) is 15.9 Å². The van der Waals surface area contributed by atoms with Crippen LogP contribution in [0.15, 0.2) is 48.8 Å². The van der Waals surface area contributed by atoms with Gasteiger partial charge in [0.1, 0.15) is 4.34 Å². The second kappa shape index (κ2) is 7.17. The molecule has 0 saturated heterocycles. The van der Waals surface area contributed by atoms with Gasteiger partial charge >= 0.3 is 0 Å². The molecule has 0 fully saturated rings. The Bertz CT molecular complexity index is 797. The van der Waals surface area contributed by atoms with Gasteiger partial charge in [0.15, 0.2) is 0 Å². The lowest BCUT2D eigenvalue weighted by molar-refractivity contribution is 0.0954. The van der Waals surface area contributed by atoms with E-state index in [0.717, 1.165) is 17.7 Å². The Labute approximate surface area is 147 Å². The monoisotopic (exact) mass is 365 g/mol. The molecule has 0 spiro atoms. The van der Waals surface area contributed by atoms with E-state index in [4.69, 9.17) is 23.2 Å². The zero-order valence-electron chi connectivity index (χ0n) is 12.0. The number of aromatic nitrogens is 2. The van der Waals surface area contributed by atoms with E-state index in [2.05, 4.69) is 10.4 Å². The fourth-order valence-corrected chi connectivity index (χ4v) is 3.61. The standard InChI is InChI=1S/C16H13Cl2N3OS/c17-14-10-13(15(18)23-14)16(22)19-8-6-11-2-4-12(5-3-11)21-9-1-7-20-21/h1-5,7,9-10H,6,8H2,(H,19,22). The summed E-state index contributed by atoms with van der Waals surface area (Å²) in [7, 11) is 0. The van der Waals surface area contributed by atoms with Crippen LogP contribution in [-0.4, -0.2) is 22.2 Å². The molecule has 2 aromatic heterocycles. The van der Waals surface area contributed by atoms with Crippen molar-refractivity contribution in [2.45, 2.75) is 6.42 Å². The number of amides is 1. The molecule has 3 rings (SSSR count). The lowest BCUT2D eigenvalue weighted by atomic mass is 10.1. The molecular weight excluding hydrogens is 353 g/mol. The van der Waals surface area contributed by atoms with Crippen molar-refractivity contribution < 1.29 is 4.79 Å². The third kappa shape index (κ3) is 3.93. The molecule has 0 atom stereocenters. The highest BCUT2D eigenvalue weighted by molar-refractivity contribution is 7.20. The van der Waals surface area contributed by atoms with Crippen molar-refractivity contribution in [3.63, 3.8) is 0 Å². The maximum atomic E-state index is 12.0. The van der Waals surface area contributed by atoms with E-state index in [-0.39, 0.29) is 5.91 Å². The molecule has 0 saturated carbocycles. The highest BCUT2D eigenvalue weighted by Gasteiger charge is 2.13. The average molecular weight is 366 g/mol. The molecule has 0 aliphatic heterocycles. The van der Waals surface area contributed by atoms with Crippen LogP contribution in [-0.2, 0) is 6.42 Å². The number of nitrogens with one attached hydrogen (secondary N) is 1. The van der Waals surface area contributed by atoms with Crippen LogP contribution >= 0.6 is 34.5 Å². The first-order valence-corrected chi connectivity index (χ1v) is 8.53. The van der Waals surface area contributed by atoms with E-state index in [0.29, 0.717) is 20.8 Å². The number of hydrogen-bond donors (Lipinski definition) is 1. The summed E-state index contributed by atoms with van der Waals surface area (Å²) in [5, 5.41) is 7.03. The van der Waals surface area contributed by atoms with Gasteiger partial charge in [0, 0.05) is 18.9 Å². The summed E-state index contributed by atoms with van der Waals surface area (Å²) in [6, 6.07) is 11.5. The van der Waals surface area contributed by atoms with Crippen LogP contribution in [0, 0.1) is 0 Å². The minimum atomic E-state index is -0.202. The Balaban J connectivity index is 1.54. The number of carbonyl (C=O) groups is 1. The zero-order chi connectivity index (χ0) is 16.2. The van der Waals surface area contributed by atoms with Crippen LogP contribution in [0.3, 0.4) is 0 Å².